The number of hydrogen-bond acceptors (Lipinski definition) is 4. The Morgan fingerprint density at radius 1 is 1.19 bits per heavy atom. The summed E-state index contributed by atoms with van der Waals surface area (Å²) in [5.41, 5.74) is 4.61. The van der Waals surface area contributed by atoms with Gasteiger partial charge in [-0.15, -0.1) is 0 Å². The van der Waals surface area contributed by atoms with Gasteiger partial charge in [0.2, 0.25) is 0 Å². The zero-order valence-electron chi connectivity index (χ0n) is 10.6. The molecule has 0 bridgehead atoms. The van der Waals surface area contributed by atoms with Crippen molar-refractivity contribution in [2.24, 2.45) is 5.73 Å². The molecule has 0 radical (unpaired) electrons. The van der Waals surface area contributed by atoms with Crippen molar-refractivity contribution >= 4 is 15.7 Å². The van der Waals surface area contributed by atoms with Crippen molar-refractivity contribution in [3.05, 3.63) is 42.0 Å². The molecule has 0 atom stereocenters. The predicted octanol–water partition coefficient (Wildman–Crippen LogP) is 1.06. The third-order valence-corrected chi connectivity index (χ3v) is 3.85. The van der Waals surface area contributed by atoms with Crippen LogP contribution in [0.15, 0.2) is 29.4 Å². The van der Waals surface area contributed by atoms with Gasteiger partial charge in [0.15, 0.2) is 11.6 Å². The second-order valence-corrected chi connectivity index (χ2v) is 5.76. The Morgan fingerprint density at radius 3 is 2.52 bits per heavy atom. The lowest BCUT2D eigenvalue weighted by atomic mass is 10.3. The minimum atomic E-state index is -4.17. The van der Waals surface area contributed by atoms with Crippen LogP contribution in [0.2, 0.25) is 0 Å². The van der Waals surface area contributed by atoms with E-state index in [9.17, 15) is 21.6 Å². The molecule has 0 saturated carbocycles. The van der Waals surface area contributed by atoms with Gasteiger partial charge in [-0.2, -0.15) is 5.10 Å². The molecule has 0 saturated heterocycles. The molecular formula is C11H11F3N4O2S. The van der Waals surface area contributed by atoms with Crippen LogP contribution in [0.1, 0.15) is 0 Å². The van der Waals surface area contributed by atoms with Crippen molar-refractivity contribution in [1.29, 1.82) is 0 Å². The summed E-state index contributed by atoms with van der Waals surface area (Å²) in [6.45, 7) is 0.557. The van der Waals surface area contributed by atoms with E-state index in [1.165, 1.54) is 10.9 Å². The van der Waals surface area contributed by atoms with Gasteiger partial charge in [-0.3, -0.25) is 9.40 Å². The fourth-order valence-electron chi connectivity index (χ4n) is 1.54. The number of anilines is 1. The summed E-state index contributed by atoms with van der Waals surface area (Å²) in [5, 5.41) is 3.76. The number of rotatable bonds is 5. The third-order valence-electron chi connectivity index (χ3n) is 2.53. The summed E-state index contributed by atoms with van der Waals surface area (Å²) in [6, 6.07) is 0.678. The molecule has 3 N–H and O–H groups in total. The van der Waals surface area contributed by atoms with Crippen molar-refractivity contribution in [3.63, 3.8) is 0 Å². The first kappa shape index (κ1) is 15.3. The van der Waals surface area contributed by atoms with Crippen molar-refractivity contribution < 1.29 is 21.6 Å². The van der Waals surface area contributed by atoms with Crippen LogP contribution in [0.5, 0.6) is 0 Å². The molecule has 21 heavy (non-hydrogen) atoms. The summed E-state index contributed by atoms with van der Waals surface area (Å²) in [7, 11) is -4.17. The van der Waals surface area contributed by atoms with Crippen LogP contribution in [0.4, 0.5) is 18.9 Å². The molecule has 0 fully saturated rings. The largest absolute Gasteiger partial charge is 0.329 e. The van der Waals surface area contributed by atoms with Crippen LogP contribution in [0, 0.1) is 17.5 Å². The molecule has 2 rings (SSSR count). The van der Waals surface area contributed by atoms with Gasteiger partial charge >= 0.3 is 0 Å². The number of hydrogen-bond donors (Lipinski definition) is 2. The summed E-state index contributed by atoms with van der Waals surface area (Å²) < 4.78 is 66.4. The number of nitrogens with zero attached hydrogens (tertiary/aromatic N) is 2. The number of aromatic nitrogens is 2. The molecule has 1 heterocycles. The van der Waals surface area contributed by atoms with Crippen LogP contribution in [-0.4, -0.2) is 24.7 Å². The summed E-state index contributed by atoms with van der Waals surface area (Å²) in [4.78, 5) is -0.250. The van der Waals surface area contributed by atoms with Gasteiger partial charge in [0, 0.05) is 24.9 Å². The highest BCUT2D eigenvalue weighted by Crippen LogP contribution is 2.21. The van der Waals surface area contributed by atoms with Crippen molar-refractivity contribution in [1.82, 2.24) is 9.78 Å². The summed E-state index contributed by atoms with van der Waals surface area (Å²) >= 11 is 0. The molecule has 0 unspecified atom stereocenters. The first-order chi connectivity index (χ1) is 9.83. The average Bonchev–Trinajstić information content (AvgIpc) is 2.86. The Hall–Kier alpha value is -2.07. The van der Waals surface area contributed by atoms with Crippen molar-refractivity contribution in [3.8, 4) is 0 Å². The molecule has 10 heteroatoms. The normalized spacial score (nSPS) is 11.6. The molecular weight excluding hydrogens is 309 g/mol. The number of nitrogens with one attached hydrogen (secondary N) is 1. The molecule has 1 aromatic heterocycles. The number of halogens is 3. The fraction of sp³-hybridized carbons (Fsp3) is 0.182. The Bertz CT molecular complexity index is 761. The van der Waals surface area contributed by atoms with Gasteiger partial charge in [-0.25, -0.2) is 21.6 Å². The molecule has 0 spiro atoms. The Labute approximate surface area is 118 Å². The van der Waals surface area contributed by atoms with E-state index in [1.54, 1.807) is 0 Å². The first-order valence-corrected chi connectivity index (χ1v) is 7.21. The first-order valence-electron chi connectivity index (χ1n) is 5.73. The Morgan fingerprint density at radius 2 is 1.86 bits per heavy atom. The maximum atomic E-state index is 13.4. The van der Waals surface area contributed by atoms with Gasteiger partial charge in [0.25, 0.3) is 10.0 Å². The van der Waals surface area contributed by atoms with Crippen molar-refractivity contribution in [2.75, 3.05) is 11.3 Å². The summed E-state index contributed by atoms with van der Waals surface area (Å²) in [6.07, 6.45) is 2.22. The maximum absolute atomic E-state index is 13.4. The van der Waals surface area contributed by atoms with Gasteiger partial charge in [0.1, 0.15) is 10.7 Å². The molecule has 0 amide bonds. The number of sulfonamides is 1. The van der Waals surface area contributed by atoms with Gasteiger partial charge in [-0.05, 0) is 0 Å². The molecule has 0 aliphatic carbocycles. The highest BCUT2D eigenvalue weighted by molar-refractivity contribution is 7.92. The second kappa shape index (κ2) is 5.74. The Balaban J connectivity index is 2.30. The van der Waals surface area contributed by atoms with E-state index >= 15 is 0 Å². The van der Waals surface area contributed by atoms with E-state index in [1.807, 2.05) is 4.72 Å². The highest BCUT2D eigenvalue weighted by Gasteiger charge is 2.20. The lowest BCUT2D eigenvalue weighted by molar-refractivity contribution is 0.496. The van der Waals surface area contributed by atoms with E-state index in [2.05, 4.69) is 5.10 Å². The topological polar surface area (TPSA) is 90.0 Å². The number of nitrogens with two attached hydrogens (primary N) is 1. The van der Waals surface area contributed by atoms with E-state index in [-0.39, 0.29) is 17.5 Å². The predicted molar refractivity (Wildman–Crippen MR) is 68.4 cm³/mol. The third kappa shape index (κ3) is 3.34. The molecule has 114 valence electrons. The molecule has 2 aromatic rings. The smallest absolute Gasteiger partial charge is 0.265 e. The van der Waals surface area contributed by atoms with Crippen LogP contribution in [0.3, 0.4) is 0 Å². The van der Waals surface area contributed by atoms with Crippen molar-refractivity contribution in [2.45, 2.75) is 11.4 Å². The monoisotopic (exact) mass is 320 g/mol. The highest BCUT2D eigenvalue weighted by atomic mass is 32.2. The minimum Gasteiger partial charge on any atom is -0.329 e. The van der Waals surface area contributed by atoms with E-state index in [0.717, 1.165) is 6.20 Å². The van der Waals surface area contributed by atoms with E-state index < -0.39 is 33.2 Å². The van der Waals surface area contributed by atoms with Gasteiger partial charge in [0.05, 0.1) is 18.4 Å². The zero-order valence-corrected chi connectivity index (χ0v) is 11.4. The fourth-order valence-corrected chi connectivity index (χ4v) is 2.55. The molecule has 6 nitrogen and oxygen atoms in total. The number of benzene rings is 1. The Kier molecular flexibility index (Phi) is 4.19. The van der Waals surface area contributed by atoms with Crippen LogP contribution in [-0.2, 0) is 16.6 Å². The molecule has 0 aliphatic heterocycles. The average molecular weight is 320 g/mol. The lowest BCUT2D eigenvalue weighted by Crippen LogP contribution is -2.14. The van der Waals surface area contributed by atoms with Crippen LogP contribution < -0.4 is 10.5 Å². The van der Waals surface area contributed by atoms with Gasteiger partial charge in [-0.1, -0.05) is 0 Å². The van der Waals surface area contributed by atoms with E-state index in [4.69, 9.17) is 5.73 Å². The zero-order chi connectivity index (χ0) is 15.6. The van der Waals surface area contributed by atoms with Crippen LogP contribution in [0.25, 0.3) is 0 Å². The SMILES string of the molecule is NCCn1cc(S(=O)(=O)Nc2cc(F)c(F)cc2F)cn1. The second-order valence-electron chi connectivity index (χ2n) is 4.08. The maximum Gasteiger partial charge on any atom is 0.265 e. The minimum absolute atomic E-state index is 0.250. The molecule has 1 aromatic carbocycles. The molecule has 0 aliphatic rings. The summed E-state index contributed by atoms with van der Waals surface area (Å²) in [5.74, 6) is -4.01. The standard InChI is InChI=1S/C11H11F3N4O2S/c12-8-3-10(14)11(4-9(8)13)17-21(19,20)7-5-16-18(6-7)2-1-15/h3-6,17H,1-2,15H2. The lowest BCUT2D eigenvalue weighted by Gasteiger charge is -2.07. The van der Waals surface area contributed by atoms with E-state index in [0.29, 0.717) is 12.6 Å². The quantitative estimate of drug-likeness (QED) is 0.806. The van der Waals surface area contributed by atoms with Crippen LogP contribution >= 0.6 is 0 Å². The van der Waals surface area contributed by atoms with Gasteiger partial charge < -0.3 is 5.73 Å².